The van der Waals surface area contributed by atoms with Crippen molar-refractivity contribution < 1.29 is 4.42 Å². The second-order valence-electron chi connectivity index (χ2n) is 3.35. The van der Waals surface area contributed by atoms with Crippen LogP contribution in [0.4, 0.5) is 0 Å². The summed E-state index contributed by atoms with van der Waals surface area (Å²) in [6.07, 6.45) is 0. The summed E-state index contributed by atoms with van der Waals surface area (Å²) >= 11 is 0. The van der Waals surface area contributed by atoms with Crippen molar-refractivity contribution in [1.82, 2.24) is 15.5 Å². The summed E-state index contributed by atoms with van der Waals surface area (Å²) in [5.74, 6) is 1.19. The Balaban J connectivity index is 2.33. The monoisotopic (exact) mass is 203 g/mol. The lowest BCUT2D eigenvalue weighted by Crippen LogP contribution is -2.04. The molecule has 0 amide bonds. The van der Waals surface area contributed by atoms with Gasteiger partial charge in [0.2, 0.25) is 11.8 Å². The summed E-state index contributed by atoms with van der Waals surface area (Å²) in [5, 5.41) is 10.9. The highest BCUT2D eigenvalue weighted by Crippen LogP contribution is 2.21. The number of benzene rings is 1. The first-order chi connectivity index (χ1) is 7.31. The molecular weight excluding hydrogens is 190 g/mol. The van der Waals surface area contributed by atoms with Crippen LogP contribution in [0.3, 0.4) is 0 Å². The number of hydrogen-bond acceptors (Lipinski definition) is 4. The molecule has 1 aromatic heterocycles. The zero-order chi connectivity index (χ0) is 10.7. The molecule has 0 aliphatic rings. The van der Waals surface area contributed by atoms with Crippen LogP contribution in [-0.4, -0.2) is 17.2 Å². The predicted molar refractivity (Wildman–Crippen MR) is 57.2 cm³/mol. The fourth-order valence-electron chi connectivity index (χ4n) is 1.40. The molecule has 0 saturated heterocycles. The second kappa shape index (κ2) is 4.23. The van der Waals surface area contributed by atoms with Gasteiger partial charge < -0.3 is 9.73 Å². The molecule has 1 aromatic carbocycles. The summed E-state index contributed by atoms with van der Waals surface area (Å²) in [7, 11) is 1.84. The highest BCUT2D eigenvalue weighted by Gasteiger charge is 2.09. The molecule has 0 fully saturated rings. The van der Waals surface area contributed by atoms with E-state index in [0.29, 0.717) is 18.3 Å². The smallest absolute Gasteiger partial charge is 0.248 e. The van der Waals surface area contributed by atoms with Gasteiger partial charge in [-0.1, -0.05) is 18.2 Å². The Hall–Kier alpha value is -1.68. The number of nitrogens with one attached hydrogen (secondary N) is 1. The van der Waals surface area contributed by atoms with E-state index in [0.717, 1.165) is 11.1 Å². The number of nitrogens with zero attached hydrogens (tertiary/aromatic N) is 2. The quantitative estimate of drug-likeness (QED) is 0.825. The third kappa shape index (κ3) is 2.05. The van der Waals surface area contributed by atoms with Crippen LogP contribution in [0.1, 0.15) is 11.5 Å². The fourth-order valence-corrected chi connectivity index (χ4v) is 1.40. The Morgan fingerprint density at radius 2 is 2.07 bits per heavy atom. The van der Waals surface area contributed by atoms with Crippen molar-refractivity contribution in [3.05, 3.63) is 35.7 Å². The molecule has 0 saturated carbocycles. The number of hydrogen-bond donors (Lipinski definition) is 1. The van der Waals surface area contributed by atoms with E-state index >= 15 is 0 Å². The maximum Gasteiger partial charge on any atom is 0.248 e. The van der Waals surface area contributed by atoms with Crippen LogP contribution in [0.15, 0.2) is 28.7 Å². The first-order valence-electron chi connectivity index (χ1n) is 4.84. The van der Waals surface area contributed by atoms with Gasteiger partial charge in [-0.25, -0.2) is 0 Å². The molecule has 0 unspecified atom stereocenters. The highest BCUT2D eigenvalue weighted by molar-refractivity contribution is 5.57. The summed E-state index contributed by atoms with van der Waals surface area (Å²) in [4.78, 5) is 0. The number of aromatic nitrogens is 2. The maximum absolute atomic E-state index is 5.51. The topological polar surface area (TPSA) is 51.0 Å². The van der Waals surface area contributed by atoms with Crippen LogP contribution in [0.2, 0.25) is 0 Å². The van der Waals surface area contributed by atoms with Crippen LogP contribution in [0.5, 0.6) is 0 Å². The van der Waals surface area contributed by atoms with Gasteiger partial charge in [0.15, 0.2) is 0 Å². The molecule has 4 nitrogen and oxygen atoms in total. The minimum atomic E-state index is 0.582. The molecule has 0 bridgehead atoms. The molecule has 0 spiro atoms. The molecule has 1 N–H and O–H groups in total. The van der Waals surface area contributed by atoms with Crippen LogP contribution in [0.25, 0.3) is 11.5 Å². The Bertz CT molecular complexity index is 451. The summed E-state index contributed by atoms with van der Waals surface area (Å²) in [6, 6.07) is 7.96. The molecule has 15 heavy (non-hydrogen) atoms. The lowest BCUT2D eigenvalue weighted by molar-refractivity contribution is 0.490. The molecule has 78 valence electrons. The van der Waals surface area contributed by atoms with Crippen molar-refractivity contribution in [3.8, 4) is 11.5 Å². The fraction of sp³-hybridized carbons (Fsp3) is 0.273. The zero-order valence-corrected chi connectivity index (χ0v) is 8.82. The van der Waals surface area contributed by atoms with Crippen LogP contribution >= 0.6 is 0 Å². The molecular formula is C11H13N3O. The Labute approximate surface area is 88.3 Å². The van der Waals surface area contributed by atoms with Crippen molar-refractivity contribution in [2.24, 2.45) is 0 Å². The van der Waals surface area contributed by atoms with E-state index < -0.39 is 0 Å². The van der Waals surface area contributed by atoms with Crippen molar-refractivity contribution in [3.63, 3.8) is 0 Å². The van der Waals surface area contributed by atoms with Gasteiger partial charge in [-0.3, -0.25) is 0 Å². The molecule has 4 heteroatoms. The van der Waals surface area contributed by atoms with Gasteiger partial charge in [0.05, 0.1) is 6.54 Å². The summed E-state index contributed by atoms with van der Waals surface area (Å²) in [5.41, 5.74) is 2.13. The van der Waals surface area contributed by atoms with Crippen molar-refractivity contribution in [1.29, 1.82) is 0 Å². The molecule has 0 aliphatic carbocycles. The van der Waals surface area contributed by atoms with Crippen molar-refractivity contribution in [2.45, 2.75) is 13.5 Å². The SMILES string of the molecule is CNCc1nnc(-c2ccccc2C)o1. The van der Waals surface area contributed by atoms with Crippen LogP contribution in [-0.2, 0) is 6.54 Å². The summed E-state index contributed by atoms with van der Waals surface area (Å²) in [6.45, 7) is 2.62. The van der Waals surface area contributed by atoms with Gasteiger partial charge in [-0.2, -0.15) is 0 Å². The van der Waals surface area contributed by atoms with Gasteiger partial charge in [0.25, 0.3) is 0 Å². The lowest BCUT2D eigenvalue weighted by atomic mass is 10.1. The third-order valence-electron chi connectivity index (χ3n) is 2.17. The molecule has 1 heterocycles. The van der Waals surface area contributed by atoms with E-state index in [9.17, 15) is 0 Å². The lowest BCUT2D eigenvalue weighted by Gasteiger charge is -1.98. The van der Waals surface area contributed by atoms with Crippen molar-refractivity contribution >= 4 is 0 Å². The van der Waals surface area contributed by atoms with Gasteiger partial charge in [0, 0.05) is 5.56 Å². The first kappa shape index (κ1) is 9.86. The van der Waals surface area contributed by atoms with E-state index in [1.165, 1.54) is 0 Å². The standard InChI is InChI=1S/C11H13N3O/c1-8-5-3-4-6-9(8)11-14-13-10(15-11)7-12-2/h3-6,12H,7H2,1-2H3. The Morgan fingerprint density at radius 1 is 1.27 bits per heavy atom. The van der Waals surface area contributed by atoms with Gasteiger partial charge in [-0.15, -0.1) is 10.2 Å². The average Bonchev–Trinajstić information content (AvgIpc) is 2.68. The third-order valence-corrected chi connectivity index (χ3v) is 2.17. The first-order valence-corrected chi connectivity index (χ1v) is 4.84. The number of aryl methyl sites for hydroxylation is 1. The Morgan fingerprint density at radius 3 is 2.80 bits per heavy atom. The van der Waals surface area contributed by atoms with E-state index in [4.69, 9.17) is 4.42 Å². The molecule has 2 aromatic rings. The predicted octanol–water partition coefficient (Wildman–Crippen LogP) is 1.76. The molecule has 0 radical (unpaired) electrons. The maximum atomic E-state index is 5.51. The molecule has 0 atom stereocenters. The second-order valence-corrected chi connectivity index (χ2v) is 3.35. The van der Waals surface area contributed by atoms with Crippen molar-refractivity contribution in [2.75, 3.05) is 7.05 Å². The molecule has 0 aliphatic heterocycles. The largest absolute Gasteiger partial charge is 0.419 e. The van der Waals surface area contributed by atoms with Crippen LogP contribution in [0, 0.1) is 6.92 Å². The normalized spacial score (nSPS) is 10.5. The Kier molecular flexibility index (Phi) is 2.78. The summed E-state index contributed by atoms with van der Waals surface area (Å²) < 4.78 is 5.51. The zero-order valence-electron chi connectivity index (χ0n) is 8.82. The van der Waals surface area contributed by atoms with E-state index in [1.54, 1.807) is 0 Å². The van der Waals surface area contributed by atoms with E-state index in [-0.39, 0.29) is 0 Å². The number of rotatable bonds is 3. The average molecular weight is 203 g/mol. The van der Waals surface area contributed by atoms with Gasteiger partial charge in [-0.05, 0) is 25.6 Å². The highest BCUT2D eigenvalue weighted by atomic mass is 16.4. The van der Waals surface area contributed by atoms with Gasteiger partial charge in [0.1, 0.15) is 0 Å². The minimum absolute atomic E-state index is 0.582. The molecule has 2 rings (SSSR count). The van der Waals surface area contributed by atoms with E-state index in [1.807, 2.05) is 38.2 Å². The van der Waals surface area contributed by atoms with E-state index in [2.05, 4.69) is 15.5 Å². The minimum Gasteiger partial charge on any atom is -0.419 e. The van der Waals surface area contributed by atoms with Crippen LogP contribution < -0.4 is 5.32 Å². The van der Waals surface area contributed by atoms with Gasteiger partial charge >= 0.3 is 0 Å².